The van der Waals surface area contributed by atoms with Crippen molar-refractivity contribution in [2.24, 2.45) is 5.90 Å². The Bertz CT molecular complexity index is 282. The van der Waals surface area contributed by atoms with Crippen molar-refractivity contribution in [3.05, 3.63) is 11.7 Å². The zero-order chi connectivity index (χ0) is 10.6. The molecule has 2 N–H and O–H groups in total. The fourth-order valence-electron chi connectivity index (χ4n) is 0.760. The van der Waals surface area contributed by atoms with Crippen LogP contribution < -0.4 is 5.90 Å². The van der Waals surface area contributed by atoms with Crippen LogP contribution in [-0.2, 0) is 17.2 Å². The van der Waals surface area contributed by atoms with Crippen LogP contribution in [0.1, 0.15) is 32.5 Å². The fraction of sp³-hybridized carbons (Fsp3) is 0.750. The molecule has 0 spiro atoms. The van der Waals surface area contributed by atoms with Crippen molar-refractivity contribution in [2.75, 3.05) is 0 Å². The SMILES string of the molecule is CC(C)(C)SCc1noc(CON)n1. The standard InChI is InChI=1S/C8H15N3O2S/c1-8(2,3)14-5-6-10-7(4-12-9)13-11-6/h4-5,9H2,1-3H3. The van der Waals surface area contributed by atoms with Crippen LogP contribution in [0.2, 0.25) is 0 Å². The first-order chi connectivity index (χ1) is 6.51. The number of nitrogens with zero attached hydrogens (tertiary/aromatic N) is 2. The molecule has 0 aromatic carbocycles. The summed E-state index contributed by atoms with van der Waals surface area (Å²) in [5.74, 6) is 6.71. The van der Waals surface area contributed by atoms with Crippen LogP contribution in [0.25, 0.3) is 0 Å². The Kier molecular flexibility index (Phi) is 3.91. The molecule has 0 bridgehead atoms. The van der Waals surface area contributed by atoms with E-state index in [4.69, 9.17) is 10.4 Å². The highest BCUT2D eigenvalue weighted by Crippen LogP contribution is 2.25. The van der Waals surface area contributed by atoms with Crippen LogP contribution in [0.5, 0.6) is 0 Å². The monoisotopic (exact) mass is 217 g/mol. The Balaban J connectivity index is 2.44. The average Bonchev–Trinajstić information content (AvgIpc) is 2.49. The molecule has 0 atom stereocenters. The van der Waals surface area contributed by atoms with Gasteiger partial charge in [-0.3, -0.25) is 4.84 Å². The Morgan fingerprint density at radius 3 is 2.79 bits per heavy atom. The largest absolute Gasteiger partial charge is 0.337 e. The smallest absolute Gasteiger partial charge is 0.254 e. The normalized spacial score (nSPS) is 12.0. The Morgan fingerprint density at radius 1 is 1.50 bits per heavy atom. The van der Waals surface area contributed by atoms with Crippen molar-refractivity contribution in [2.45, 2.75) is 37.9 Å². The van der Waals surface area contributed by atoms with Crippen LogP contribution in [0.4, 0.5) is 0 Å². The van der Waals surface area contributed by atoms with Crippen molar-refractivity contribution in [3.63, 3.8) is 0 Å². The number of thioether (sulfide) groups is 1. The van der Waals surface area contributed by atoms with Gasteiger partial charge in [0.2, 0.25) is 0 Å². The molecule has 1 rings (SSSR count). The highest BCUT2D eigenvalue weighted by atomic mass is 32.2. The van der Waals surface area contributed by atoms with Gasteiger partial charge in [-0.15, -0.1) is 11.8 Å². The summed E-state index contributed by atoms with van der Waals surface area (Å²) >= 11 is 1.76. The molecule has 0 amide bonds. The summed E-state index contributed by atoms with van der Waals surface area (Å²) in [4.78, 5) is 8.48. The second-order valence-electron chi connectivity index (χ2n) is 3.82. The summed E-state index contributed by atoms with van der Waals surface area (Å²) in [6.07, 6.45) is 0. The Morgan fingerprint density at radius 2 is 2.21 bits per heavy atom. The molecule has 1 heterocycles. The average molecular weight is 217 g/mol. The van der Waals surface area contributed by atoms with Crippen LogP contribution in [0, 0.1) is 0 Å². The van der Waals surface area contributed by atoms with E-state index in [-0.39, 0.29) is 11.4 Å². The first kappa shape index (κ1) is 11.5. The number of hydrogen-bond donors (Lipinski definition) is 1. The molecule has 1 aromatic heterocycles. The van der Waals surface area contributed by atoms with E-state index in [0.29, 0.717) is 11.7 Å². The number of aromatic nitrogens is 2. The van der Waals surface area contributed by atoms with Gasteiger partial charge in [0, 0.05) is 4.75 Å². The van der Waals surface area contributed by atoms with E-state index in [9.17, 15) is 0 Å². The summed E-state index contributed by atoms with van der Waals surface area (Å²) in [5.41, 5.74) is 0. The molecule has 0 aliphatic heterocycles. The molecule has 5 nitrogen and oxygen atoms in total. The first-order valence-electron chi connectivity index (χ1n) is 4.28. The van der Waals surface area contributed by atoms with E-state index in [2.05, 4.69) is 35.7 Å². The van der Waals surface area contributed by atoms with Gasteiger partial charge in [0.15, 0.2) is 5.82 Å². The molecule has 6 heteroatoms. The molecule has 0 unspecified atom stereocenters. The van der Waals surface area contributed by atoms with Gasteiger partial charge < -0.3 is 4.52 Å². The maximum Gasteiger partial charge on any atom is 0.254 e. The van der Waals surface area contributed by atoms with E-state index in [1.54, 1.807) is 11.8 Å². The fourth-order valence-corrected chi connectivity index (χ4v) is 1.44. The van der Waals surface area contributed by atoms with Crippen molar-refractivity contribution in [1.82, 2.24) is 10.1 Å². The minimum Gasteiger partial charge on any atom is -0.337 e. The zero-order valence-corrected chi connectivity index (χ0v) is 9.43. The molecular weight excluding hydrogens is 202 g/mol. The summed E-state index contributed by atoms with van der Waals surface area (Å²) < 4.78 is 5.09. The Labute approximate surface area is 87.3 Å². The van der Waals surface area contributed by atoms with E-state index in [1.807, 2.05) is 0 Å². The summed E-state index contributed by atoms with van der Waals surface area (Å²) in [6, 6.07) is 0. The molecule has 0 fully saturated rings. The van der Waals surface area contributed by atoms with Gasteiger partial charge >= 0.3 is 0 Å². The molecule has 0 saturated carbocycles. The number of rotatable bonds is 4. The first-order valence-corrected chi connectivity index (χ1v) is 5.27. The van der Waals surface area contributed by atoms with E-state index in [0.717, 1.165) is 5.75 Å². The second kappa shape index (κ2) is 4.77. The highest BCUT2D eigenvalue weighted by molar-refractivity contribution is 7.99. The topological polar surface area (TPSA) is 74.2 Å². The Hall–Kier alpha value is -0.590. The van der Waals surface area contributed by atoms with Crippen molar-refractivity contribution in [3.8, 4) is 0 Å². The molecular formula is C8H15N3O2S. The molecule has 0 aliphatic rings. The summed E-state index contributed by atoms with van der Waals surface area (Å²) in [6.45, 7) is 6.58. The quantitative estimate of drug-likeness (QED) is 0.770. The molecule has 0 saturated heterocycles. The van der Waals surface area contributed by atoms with Crippen molar-refractivity contribution >= 4 is 11.8 Å². The van der Waals surface area contributed by atoms with E-state index in [1.165, 1.54) is 0 Å². The van der Waals surface area contributed by atoms with Gasteiger partial charge in [0.25, 0.3) is 5.89 Å². The molecule has 0 aliphatic carbocycles. The minimum atomic E-state index is 0.160. The summed E-state index contributed by atoms with van der Waals surface area (Å²) in [5, 5.41) is 3.80. The van der Waals surface area contributed by atoms with Crippen LogP contribution in [0.3, 0.4) is 0 Å². The van der Waals surface area contributed by atoms with Gasteiger partial charge in [0.1, 0.15) is 6.61 Å². The second-order valence-corrected chi connectivity index (χ2v) is 5.62. The zero-order valence-electron chi connectivity index (χ0n) is 8.61. The molecule has 80 valence electrons. The van der Waals surface area contributed by atoms with E-state index < -0.39 is 0 Å². The highest BCUT2D eigenvalue weighted by Gasteiger charge is 2.13. The lowest BCUT2D eigenvalue weighted by molar-refractivity contribution is 0.0995. The van der Waals surface area contributed by atoms with Gasteiger partial charge in [-0.05, 0) is 0 Å². The van der Waals surface area contributed by atoms with Gasteiger partial charge in [-0.25, -0.2) is 5.90 Å². The molecule has 1 aromatic rings. The van der Waals surface area contributed by atoms with Crippen molar-refractivity contribution in [1.29, 1.82) is 0 Å². The third kappa shape index (κ3) is 4.08. The van der Waals surface area contributed by atoms with Crippen LogP contribution in [0.15, 0.2) is 4.52 Å². The number of nitrogens with two attached hydrogens (primary N) is 1. The predicted octanol–water partition coefficient (Wildman–Crippen LogP) is 1.49. The lowest BCUT2D eigenvalue weighted by atomic mass is 10.3. The van der Waals surface area contributed by atoms with Gasteiger partial charge in [-0.2, -0.15) is 4.98 Å². The van der Waals surface area contributed by atoms with Crippen LogP contribution in [-0.4, -0.2) is 14.9 Å². The van der Waals surface area contributed by atoms with Crippen molar-refractivity contribution < 1.29 is 9.36 Å². The maximum absolute atomic E-state index is 4.89. The van der Waals surface area contributed by atoms with Gasteiger partial charge in [-0.1, -0.05) is 25.9 Å². The third-order valence-electron chi connectivity index (χ3n) is 1.35. The minimum absolute atomic E-state index is 0.160. The number of hydrogen-bond acceptors (Lipinski definition) is 6. The van der Waals surface area contributed by atoms with Gasteiger partial charge in [0.05, 0.1) is 5.75 Å². The molecule has 0 radical (unpaired) electrons. The molecule has 14 heavy (non-hydrogen) atoms. The predicted molar refractivity (Wildman–Crippen MR) is 54.3 cm³/mol. The third-order valence-corrected chi connectivity index (χ3v) is 2.62. The van der Waals surface area contributed by atoms with Crippen LogP contribution >= 0.6 is 11.8 Å². The lowest BCUT2D eigenvalue weighted by Crippen LogP contribution is -2.07. The van der Waals surface area contributed by atoms with E-state index >= 15 is 0 Å². The maximum atomic E-state index is 4.89. The summed E-state index contributed by atoms with van der Waals surface area (Å²) in [7, 11) is 0. The lowest BCUT2D eigenvalue weighted by Gasteiger charge is -2.15.